The summed E-state index contributed by atoms with van der Waals surface area (Å²) in [6.45, 7) is 5.78. The summed E-state index contributed by atoms with van der Waals surface area (Å²) in [5, 5.41) is 6.67. The molecule has 104 valence electrons. The lowest BCUT2D eigenvalue weighted by Gasteiger charge is -2.22. The second-order valence-electron chi connectivity index (χ2n) is 4.84. The zero-order valence-corrected chi connectivity index (χ0v) is 11.7. The number of anilines is 1. The number of ether oxygens (including phenoxy) is 1. The Bertz CT molecular complexity index is 446. The highest BCUT2D eigenvalue weighted by Crippen LogP contribution is 2.25. The van der Waals surface area contributed by atoms with E-state index in [1.165, 1.54) is 23.2 Å². The molecule has 4 nitrogen and oxygen atoms in total. The smallest absolute Gasteiger partial charge is 0.322 e. The summed E-state index contributed by atoms with van der Waals surface area (Å²) in [7, 11) is 0. The van der Waals surface area contributed by atoms with E-state index in [2.05, 4.69) is 28.8 Å². The molecule has 0 bridgehead atoms. The molecule has 2 rings (SSSR count). The topological polar surface area (TPSA) is 50.4 Å². The third-order valence-electron chi connectivity index (χ3n) is 3.40. The Morgan fingerprint density at radius 1 is 1.53 bits per heavy atom. The number of aryl methyl sites for hydroxylation is 1. The van der Waals surface area contributed by atoms with E-state index in [4.69, 9.17) is 4.74 Å². The van der Waals surface area contributed by atoms with E-state index in [0.717, 1.165) is 13.0 Å². The summed E-state index contributed by atoms with van der Waals surface area (Å²) in [5.41, 5.74) is 3.82. The highest BCUT2D eigenvalue weighted by Gasteiger charge is 2.16. The highest BCUT2D eigenvalue weighted by atomic mass is 16.5. The van der Waals surface area contributed by atoms with Gasteiger partial charge in [0.1, 0.15) is 6.04 Å². The molecule has 1 heterocycles. The summed E-state index contributed by atoms with van der Waals surface area (Å²) in [4.78, 5) is 11.6. The molecule has 1 aromatic rings. The summed E-state index contributed by atoms with van der Waals surface area (Å²) in [6, 6.07) is 6.07. The van der Waals surface area contributed by atoms with E-state index in [0.29, 0.717) is 13.2 Å². The second-order valence-corrected chi connectivity index (χ2v) is 4.84. The molecule has 0 aromatic heterocycles. The number of hydrogen-bond acceptors (Lipinski definition) is 4. The van der Waals surface area contributed by atoms with E-state index >= 15 is 0 Å². The average Bonchev–Trinajstić information content (AvgIpc) is 2.45. The molecule has 19 heavy (non-hydrogen) atoms. The van der Waals surface area contributed by atoms with Crippen LogP contribution in [0.15, 0.2) is 18.2 Å². The van der Waals surface area contributed by atoms with Crippen molar-refractivity contribution in [1.29, 1.82) is 0 Å². The summed E-state index contributed by atoms with van der Waals surface area (Å²) in [6.07, 6.45) is 2.31. The lowest BCUT2D eigenvalue weighted by molar-refractivity contribution is -0.145. The summed E-state index contributed by atoms with van der Waals surface area (Å²) < 4.78 is 4.99. The molecule has 1 aliphatic rings. The quantitative estimate of drug-likeness (QED) is 0.798. The van der Waals surface area contributed by atoms with Crippen LogP contribution < -0.4 is 10.6 Å². The van der Waals surface area contributed by atoms with Gasteiger partial charge >= 0.3 is 5.97 Å². The maximum Gasteiger partial charge on any atom is 0.322 e. The van der Waals surface area contributed by atoms with Crippen LogP contribution in [0.1, 0.15) is 31.4 Å². The Morgan fingerprint density at radius 2 is 2.37 bits per heavy atom. The van der Waals surface area contributed by atoms with E-state index in [9.17, 15) is 4.79 Å². The Morgan fingerprint density at radius 3 is 3.16 bits per heavy atom. The monoisotopic (exact) mass is 262 g/mol. The third kappa shape index (κ3) is 3.47. The van der Waals surface area contributed by atoms with Crippen LogP contribution in [0.25, 0.3) is 0 Å². The highest BCUT2D eigenvalue weighted by molar-refractivity contribution is 5.75. The average molecular weight is 262 g/mol. The van der Waals surface area contributed by atoms with Gasteiger partial charge in [-0.05, 0) is 37.8 Å². The van der Waals surface area contributed by atoms with Gasteiger partial charge in [-0.1, -0.05) is 18.2 Å². The number of rotatable bonds is 5. The lowest BCUT2D eigenvalue weighted by atomic mass is 9.99. The molecule has 1 aromatic carbocycles. The van der Waals surface area contributed by atoms with Gasteiger partial charge in [-0.15, -0.1) is 0 Å². The number of carbonyl (C=O) groups is 1. The van der Waals surface area contributed by atoms with Gasteiger partial charge in [0.05, 0.1) is 6.61 Å². The number of benzene rings is 1. The molecular formula is C15H22N2O2. The molecule has 0 aliphatic carbocycles. The predicted molar refractivity (Wildman–Crippen MR) is 76.2 cm³/mol. The largest absolute Gasteiger partial charge is 0.465 e. The van der Waals surface area contributed by atoms with Crippen molar-refractivity contribution in [2.75, 3.05) is 18.5 Å². The maximum atomic E-state index is 11.6. The fourth-order valence-corrected chi connectivity index (χ4v) is 2.34. The zero-order chi connectivity index (χ0) is 13.7. The van der Waals surface area contributed by atoms with Crippen molar-refractivity contribution < 1.29 is 9.53 Å². The molecule has 4 heteroatoms. The van der Waals surface area contributed by atoms with Crippen LogP contribution in [0.4, 0.5) is 5.69 Å². The van der Waals surface area contributed by atoms with Crippen molar-refractivity contribution in [2.45, 2.75) is 39.3 Å². The molecule has 0 fully saturated rings. The van der Waals surface area contributed by atoms with Crippen molar-refractivity contribution in [3.63, 3.8) is 0 Å². The minimum Gasteiger partial charge on any atom is -0.465 e. The maximum absolute atomic E-state index is 11.6. The first-order valence-corrected chi connectivity index (χ1v) is 6.97. The van der Waals surface area contributed by atoms with Crippen LogP contribution in [0.5, 0.6) is 0 Å². The van der Waals surface area contributed by atoms with Crippen molar-refractivity contribution in [3.05, 3.63) is 29.3 Å². The Kier molecular flexibility index (Phi) is 4.80. The van der Waals surface area contributed by atoms with E-state index < -0.39 is 0 Å². The number of para-hydroxylation sites is 1. The number of nitrogens with one attached hydrogen (secondary N) is 2. The molecule has 1 aliphatic heterocycles. The van der Waals surface area contributed by atoms with Crippen LogP contribution in [-0.2, 0) is 22.5 Å². The number of fused-ring (bicyclic) bond motifs is 1. The van der Waals surface area contributed by atoms with Gasteiger partial charge in [-0.25, -0.2) is 0 Å². The van der Waals surface area contributed by atoms with Gasteiger partial charge in [0.2, 0.25) is 0 Å². The Balaban J connectivity index is 1.98. The molecule has 1 unspecified atom stereocenters. The number of carbonyl (C=O) groups excluding carboxylic acids is 1. The standard InChI is InChI=1S/C15H22N2O2/c1-3-19-15(18)11(2)17-10-13-7-4-6-12-8-5-9-16-14(12)13/h4,6-7,11,16-17H,3,5,8-10H2,1-2H3. The van der Waals surface area contributed by atoms with Gasteiger partial charge < -0.3 is 15.4 Å². The Hall–Kier alpha value is -1.55. The number of hydrogen-bond donors (Lipinski definition) is 2. The van der Waals surface area contributed by atoms with Gasteiger partial charge in [-0.2, -0.15) is 0 Å². The van der Waals surface area contributed by atoms with Crippen LogP contribution >= 0.6 is 0 Å². The van der Waals surface area contributed by atoms with Gasteiger partial charge in [0.25, 0.3) is 0 Å². The SMILES string of the molecule is CCOC(=O)C(C)NCc1cccc2c1NCCC2. The van der Waals surface area contributed by atoms with Crippen LogP contribution in [0.3, 0.4) is 0 Å². The molecule has 1 atom stereocenters. The predicted octanol–water partition coefficient (Wildman–Crippen LogP) is 2.09. The molecule has 2 N–H and O–H groups in total. The summed E-state index contributed by atoms with van der Waals surface area (Å²) in [5.74, 6) is -0.194. The van der Waals surface area contributed by atoms with Gasteiger partial charge in [-0.3, -0.25) is 4.79 Å². The lowest BCUT2D eigenvalue weighted by Crippen LogP contribution is -2.35. The third-order valence-corrected chi connectivity index (χ3v) is 3.40. The van der Waals surface area contributed by atoms with Crippen LogP contribution in [-0.4, -0.2) is 25.2 Å². The van der Waals surface area contributed by atoms with Crippen molar-refractivity contribution >= 4 is 11.7 Å². The fraction of sp³-hybridized carbons (Fsp3) is 0.533. The van der Waals surface area contributed by atoms with Gasteiger partial charge in [0.15, 0.2) is 0 Å². The first kappa shape index (κ1) is 13.9. The van der Waals surface area contributed by atoms with Crippen LogP contribution in [0.2, 0.25) is 0 Å². The molecule has 0 radical (unpaired) electrons. The van der Waals surface area contributed by atoms with E-state index in [1.807, 2.05) is 13.8 Å². The van der Waals surface area contributed by atoms with Crippen molar-refractivity contribution in [1.82, 2.24) is 5.32 Å². The van der Waals surface area contributed by atoms with Crippen molar-refractivity contribution in [2.24, 2.45) is 0 Å². The molecule has 0 saturated carbocycles. The van der Waals surface area contributed by atoms with E-state index in [-0.39, 0.29) is 12.0 Å². The van der Waals surface area contributed by atoms with Crippen LogP contribution in [0, 0.1) is 0 Å². The first-order chi connectivity index (χ1) is 9.22. The van der Waals surface area contributed by atoms with Gasteiger partial charge in [0, 0.05) is 18.8 Å². The molecule has 0 saturated heterocycles. The molecule has 0 spiro atoms. The zero-order valence-electron chi connectivity index (χ0n) is 11.7. The second kappa shape index (κ2) is 6.57. The minimum atomic E-state index is -0.278. The summed E-state index contributed by atoms with van der Waals surface area (Å²) >= 11 is 0. The van der Waals surface area contributed by atoms with Crippen molar-refractivity contribution in [3.8, 4) is 0 Å². The Labute approximate surface area is 114 Å². The molecular weight excluding hydrogens is 240 g/mol. The number of esters is 1. The minimum absolute atomic E-state index is 0.194. The first-order valence-electron chi connectivity index (χ1n) is 6.97. The normalized spacial score (nSPS) is 15.3. The molecule has 0 amide bonds. The fourth-order valence-electron chi connectivity index (χ4n) is 2.34. The van der Waals surface area contributed by atoms with E-state index in [1.54, 1.807) is 0 Å².